The largest absolute Gasteiger partial charge is 0.507 e. The highest BCUT2D eigenvalue weighted by Gasteiger charge is 2.50. The van der Waals surface area contributed by atoms with Gasteiger partial charge in [0.1, 0.15) is 40.4 Å². The number of aromatic hydroxyl groups is 2. The lowest BCUT2D eigenvalue weighted by Gasteiger charge is -2.38. The standard InChI is InChI=1S/C50H68N6O11/c1-28(2)27-55-20-16-50(17-21-55)52-40-37-38-44(61)32(6)46-39(37)47(63)49(7,67-46)65-24-10-9-15-33(66-36(59)26-35(58)56-19-12-18-54(8)22-23-56)25-34(57)31(5)43(60)29(3)13-11-14-30(4)48(64)51-42(45(38)62)41(40)53-50/h10-11,13-14,24,28-29,31,33-34,43,52,57,60-62H,9,12,15-23,25-27H2,1-8H3/b13-11+,24-10+,30-14-,51-42?/t29?,31-,33+,34-,43-,49-/m0/s1. The molecule has 0 saturated carbocycles. The first kappa shape index (κ1) is 49.5. The SMILES string of the molecule is C/C1=C/C=C/C(C)[C@H](O)[C@@H](C)[C@@H](O)C[C@H](OC(=O)CC(=O)N2CCCN(C)CC2)CC/C=C/O[C@@]2(C)Oc3c(C)c(O)c4c(O)c(c5c(c4c3C2=O)NC2(CCN(CC(C)C)CC2)N=5)=NC1=O. The van der Waals surface area contributed by atoms with Crippen LogP contribution in [0, 0.1) is 24.7 Å². The zero-order chi connectivity index (χ0) is 48.5. The van der Waals surface area contributed by atoms with Gasteiger partial charge in [-0.1, -0.05) is 45.9 Å². The van der Waals surface area contributed by atoms with Crippen molar-refractivity contribution in [2.75, 3.05) is 58.2 Å². The monoisotopic (exact) mass is 928 g/mol. The van der Waals surface area contributed by atoms with Gasteiger partial charge in [0.15, 0.2) is 5.75 Å². The quantitative estimate of drug-likeness (QED) is 0.161. The Morgan fingerprint density at radius 3 is 2.45 bits per heavy atom. The van der Waals surface area contributed by atoms with E-state index in [4.69, 9.17) is 19.2 Å². The van der Waals surface area contributed by atoms with E-state index in [1.807, 2.05) is 7.05 Å². The number of aliphatic hydroxyl groups excluding tert-OH is 2. The molecule has 8 rings (SSSR count). The highest BCUT2D eigenvalue weighted by atomic mass is 16.7. The Balaban J connectivity index is 1.25. The van der Waals surface area contributed by atoms with E-state index in [9.17, 15) is 39.6 Å². The van der Waals surface area contributed by atoms with Gasteiger partial charge in [0.2, 0.25) is 5.91 Å². The highest BCUT2D eigenvalue weighted by molar-refractivity contribution is 6.21. The minimum Gasteiger partial charge on any atom is -0.507 e. The van der Waals surface area contributed by atoms with Gasteiger partial charge in [0.25, 0.3) is 11.7 Å². The van der Waals surface area contributed by atoms with Crippen molar-refractivity contribution in [2.45, 2.75) is 123 Å². The lowest BCUT2D eigenvalue weighted by molar-refractivity contribution is -0.155. The maximum Gasteiger partial charge on any atom is 0.315 e. The number of piperidine rings is 1. The van der Waals surface area contributed by atoms with Crippen molar-refractivity contribution in [1.82, 2.24) is 14.7 Å². The van der Waals surface area contributed by atoms with Gasteiger partial charge in [0, 0.05) is 93.8 Å². The molecular weight excluding hydrogens is 861 g/mol. The molecule has 1 spiro atoms. The van der Waals surface area contributed by atoms with Gasteiger partial charge in [-0.3, -0.25) is 24.2 Å². The van der Waals surface area contributed by atoms with E-state index in [-0.39, 0.29) is 74.9 Å². The Labute approximate surface area is 391 Å². The van der Waals surface area contributed by atoms with Gasteiger partial charge < -0.3 is 54.7 Å². The average Bonchev–Trinajstić information content (AvgIpc) is 3.67. The molecule has 6 atom stereocenters. The fourth-order valence-electron chi connectivity index (χ4n) is 9.80. The van der Waals surface area contributed by atoms with E-state index >= 15 is 0 Å². The van der Waals surface area contributed by atoms with Gasteiger partial charge in [0.05, 0.1) is 35.1 Å². The summed E-state index contributed by atoms with van der Waals surface area (Å²) in [6.45, 7) is 17.3. The summed E-state index contributed by atoms with van der Waals surface area (Å²) < 4.78 is 18.2. The predicted molar refractivity (Wildman–Crippen MR) is 250 cm³/mol. The van der Waals surface area contributed by atoms with Crippen molar-refractivity contribution >= 4 is 40.0 Å². The molecule has 17 heteroatoms. The summed E-state index contributed by atoms with van der Waals surface area (Å²) >= 11 is 0. The first-order valence-corrected chi connectivity index (χ1v) is 23.7. The number of esters is 1. The molecule has 0 aliphatic carbocycles. The molecule has 6 aliphatic heterocycles. The van der Waals surface area contributed by atoms with Crippen LogP contribution in [0.15, 0.2) is 46.1 Å². The molecule has 0 aromatic heterocycles. The Morgan fingerprint density at radius 2 is 1.73 bits per heavy atom. The zero-order valence-corrected chi connectivity index (χ0v) is 40.1. The number of ketones is 1. The van der Waals surface area contributed by atoms with Crippen LogP contribution in [0.3, 0.4) is 0 Å². The van der Waals surface area contributed by atoms with Crippen molar-refractivity contribution in [3.8, 4) is 17.2 Å². The van der Waals surface area contributed by atoms with Crippen LogP contribution in [0.1, 0.15) is 102 Å². The molecule has 0 radical (unpaired) electrons. The molecule has 2 amide bonds. The Morgan fingerprint density at radius 1 is 1.00 bits per heavy atom. The Bertz CT molecular complexity index is 2490. The van der Waals surface area contributed by atoms with E-state index in [0.717, 1.165) is 32.6 Å². The number of allylic oxidation sites excluding steroid dienone is 3. The number of ether oxygens (including phenoxy) is 3. The number of likely N-dealkylation sites (tertiary alicyclic amines) is 1. The molecule has 2 aromatic carbocycles. The van der Waals surface area contributed by atoms with Crippen molar-refractivity contribution in [2.24, 2.45) is 27.7 Å². The third-order valence-electron chi connectivity index (χ3n) is 14.0. The number of carbonyl (C=O) groups is 4. The van der Waals surface area contributed by atoms with Crippen LogP contribution in [0.25, 0.3) is 10.8 Å². The summed E-state index contributed by atoms with van der Waals surface area (Å²) in [6, 6.07) is 0. The van der Waals surface area contributed by atoms with Crippen LogP contribution in [0.4, 0.5) is 5.69 Å². The number of hydrogen-bond acceptors (Lipinski definition) is 15. The fraction of sp³-hybridized carbons (Fsp3) is 0.600. The third-order valence-corrected chi connectivity index (χ3v) is 14.0. The molecule has 2 saturated heterocycles. The highest BCUT2D eigenvalue weighted by Crippen LogP contribution is 2.51. The topological polar surface area (TPSA) is 223 Å². The number of nitrogens with zero attached hydrogens (tertiary/aromatic N) is 5. The lowest BCUT2D eigenvalue weighted by Crippen LogP contribution is -2.47. The second kappa shape index (κ2) is 20.1. The molecule has 6 aliphatic rings. The molecule has 2 fully saturated rings. The van der Waals surface area contributed by atoms with Gasteiger partial charge in [-0.05, 0) is 58.7 Å². The summed E-state index contributed by atoms with van der Waals surface area (Å²) in [5.74, 6) is -5.80. The maximum atomic E-state index is 14.7. The summed E-state index contributed by atoms with van der Waals surface area (Å²) in [5, 5.41) is 50.4. The normalized spacial score (nSPS) is 29.3. The second-order valence-corrected chi connectivity index (χ2v) is 19.7. The van der Waals surface area contributed by atoms with Crippen molar-refractivity contribution in [1.29, 1.82) is 0 Å². The molecule has 6 heterocycles. The van der Waals surface area contributed by atoms with Crippen molar-refractivity contribution < 1.29 is 53.8 Å². The van der Waals surface area contributed by atoms with Crippen LogP contribution in [0.2, 0.25) is 0 Å². The minimum atomic E-state index is -1.92. The Kier molecular flexibility index (Phi) is 14.8. The number of benzene rings is 2. The van der Waals surface area contributed by atoms with Crippen LogP contribution in [-0.2, 0) is 23.9 Å². The number of hydrogen-bond donors (Lipinski definition) is 5. The number of amides is 2. The number of phenolic OH excluding ortho intramolecular Hbond substituents is 2. The van der Waals surface area contributed by atoms with Crippen LogP contribution in [-0.4, -0.2) is 141 Å². The van der Waals surface area contributed by atoms with Crippen LogP contribution >= 0.6 is 0 Å². The molecule has 17 nitrogen and oxygen atoms in total. The number of Topliss-reactive ketones (excluding diaryl/α,β-unsaturated/α-hetero) is 1. The number of aliphatic hydroxyl groups is 2. The van der Waals surface area contributed by atoms with Gasteiger partial charge in [-0.25, -0.2) is 4.99 Å². The average molecular weight is 929 g/mol. The number of carbonyl (C=O) groups excluding carboxylic acids is 4. The molecule has 364 valence electrons. The van der Waals surface area contributed by atoms with Crippen LogP contribution < -0.4 is 20.8 Å². The zero-order valence-electron chi connectivity index (χ0n) is 40.1. The second-order valence-electron chi connectivity index (χ2n) is 19.7. The first-order chi connectivity index (χ1) is 31.7. The van der Waals surface area contributed by atoms with Crippen molar-refractivity contribution in [3.63, 3.8) is 0 Å². The molecular formula is C50H68N6O11. The number of nitrogens with one attached hydrogen (secondary N) is 1. The first-order valence-electron chi connectivity index (χ1n) is 23.7. The predicted octanol–water partition coefficient (Wildman–Crippen LogP) is 4.17. The molecule has 5 bridgehead atoms. The summed E-state index contributed by atoms with van der Waals surface area (Å²) in [6.07, 6.45) is 6.70. The lowest BCUT2D eigenvalue weighted by atomic mass is 9.86. The smallest absolute Gasteiger partial charge is 0.315 e. The van der Waals surface area contributed by atoms with Crippen molar-refractivity contribution in [3.05, 3.63) is 58.0 Å². The van der Waals surface area contributed by atoms with Gasteiger partial charge in [-0.2, -0.15) is 0 Å². The summed E-state index contributed by atoms with van der Waals surface area (Å²) in [5.41, 5.74) is -0.106. The summed E-state index contributed by atoms with van der Waals surface area (Å²) in [7, 11) is 1.99. The van der Waals surface area contributed by atoms with Gasteiger partial charge >= 0.3 is 11.8 Å². The summed E-state index contributed by atoms with van der Waals surface area (Å²) in [4.78, 5) is 70.8. The number of phenols is 2. The minimum absolute atomic E-state index is 0.0341. The van der Waals surface area contributed by atoms with E-state index in [1.165, 1.54) is 19.3 Å². The van der Waals surface area contributed by atoms with E-state index in [2.05, 4.69) is 34.0 Å². The third kappa shape index (κ3) is 10.4. The molecule has 67 heavy (non-hydrogen) atoms. The maximum absolute atomic E-state index is 14.7. The number of rotatable bonds is 5. The Hall–Kier alpha value is -5.36. The molecule has 5 N–H and O–H groups in total. The number of fused-ring (bicyclic) bond motifs is 13. The van der Waals surface area contributed by atoms with Gasteiger partial charge in [-0.15, -0.1) is 0 Å². The molecule has 2 aromatic rings. The van der Waals surface area contributed by atoms with Crippen LogP contribution in [0.5, 0.6) is 17.2 Å². The van der Waals surface area contributed by atoms with E-state index in [1.54, 1.807) is 50.8 Å². The van der Waals surface area contributed by atoms with E-state index in [0.29, 0.717) is 44.1 Å². The number of anilines is 1. The fourth-order valence-corrected chi connectivity index (χ4v) is 9.80. The molecule has 1 unspecified atom stereocenters. The number of likely N-dealkylation sites (N-methyl/N-ethyl adjacent to an activating group) is 1. The van der Waals surface area contributed by atoms with E-state index < -0.39 is 71.4 Å².